The molecule has 0 bridgehead atoms. The van der Waals surface area contributed by atoms with E-state index in [1.165, 1.54) is 0 Å². The Morgan fingerprint density at radius 1 is 0.571 bits per heavy atom. The molecule has 0 saturated carbocycles. The second-order valence-corrected chi connectivity index (χ2v) is 17.8. The first-order valence-corrected chi connectivity index (χ1v) is 23.0. The van der Waals surface area contributed by atoms with E-state index >= 15 is 0 Å². The Morgan fingerprint density at radius 2 is 1.03 bits per heavy atom. The number of nitrogens with one attached hydrogen (secondary N) is 7. The molecule has 9 N–H and O–H groups in total. The van der Waals surface area contributed by atoms with Gasteiger partial charge in [-0.3, -0.25) is 33.6 Å². The van der Waals surface area contributed by atoms with Gasteiger partial charge in [0.2, 0.25) is 29.5 Å². The highest BCUT2D eigenvalue weighted by atomic mass is 19.4. The van der Waals surface area contributed by atoms with Gasteiger partial charge >= 0.3 is 24.0 Å². The minimum Gasteiger partial charge on any atom is -0.481 e. The van der Waals surface area contributed by atoms with Crippen molar-refractivity contribution < 1.29 is 61.7 Å². The van der Waals surface area contributed by atoms with Crippen molar-refractivity contribution in [1.29, 1.82) is 0 Å². The summed E-state index contributed by atoms with van der Waals surface area (Å²) in [4.78, 5) is 111. The number of carbonyl (C=O) groups is 8. The molecule has 0 aliphatic rings. The topological polar surface area (TPSA) is 265 Å². The molecular weight excluding hydrogens is 916 g/mol. The lowest BCUT2D eigenvalue weighted by atomic mass is 9.84. The number of fused-ring (bicyclic) bond motifs is 1. The number of H-pyrrole nitrogens is 1. The predicted octanol–water partition coefficient (Wildman–Crippen LogP) is 4.71. The normalized spacial score (nSPS) is 15.0. The fraction of sp³-hybridized carbons (Fsp3) is 0.440. The predicted molar refractivity (Wildman–Crippen MR) is 253 cm³/mol. The lowest BCUT2D eigenvalue weighted by Gasteiger charge is -2.31. The number of carbonyl (C=O) groups excluding carboxylic acids is 6. The number of hydrogen-bond donors (Lipinski definition) is 9. The van der Waals surface area contributed by atoms with Crippen molar-refractivity contribution in [3.8, 4) is 0 Å². The lowest BCUT2D eigenvalue weighted by molar-refractivity contribution is -0.174. The van der Waals surface area contributed by atoms with Crippen LogP contribution in [0, 0.1) is 17.8 Å². The molecule has 0 aliphatic carbocycles. The maximum Gasteiger partial charge on any atom is 0.471 e. The van der Waals surface area contributed by atoms with Gasteiger partial charge in [-0.2, -0.15) is 13.2 Å². The second-order valence-electron chi connectivity index (χ2n) is 17.8. The molecule has 8 atom stereocenters. The maximum absolute atomic E-state index is 14.3. The molecule has 20 heteroatoms. The summed E-state index contributed by atoms with van der Waals surface area (Å²) in [6, 6.07) is 13.6. The van der Waals surface area contributed by atoms with Gasteiger partial charge in [0.05, 0.1) is 6.42 Å². The highest BCUT2D eigenvalue weighted by molar-refractivity contribution is 5.98. The van der Waals surface area contributed by atoms with Crippen molar-refractivity contribution in [3.63, 3.8) is 0 Å². The molecule has 0 saturated heterocycles. The highest BCUT2D eigenvalue weighted by Gasteiger charge is 2.44. The first-order valence-electron chi connectivity index (χ1n) is 23.0. The van der Waals surface area contributed by atoms with Gasteiger partial charge < -0.3 is 47.1 Å². The summed E-state index contributed by atoms with van der Waals surface area (Å²) in [6.07, 6.45) is -4.40. The number of carboxylic acids is 2. The lowest BCUT2D eigenvalue weighted by Crippen LogP contribution is -2.62. The van der Waals surface area contributed by atoms with E-state index in [1.54, 1.807) is 126 Å². The zero-order chi connectivity index (χ0) is 51.9. The van der Waals surface area contributed by atoms with Crippen LogP contribution in [0.3, 0.4) is 0 Å². The molecule has 3 aromatic carbocycles. The first-order chi connectivity index (χ1) is 33.1. The Labute approximate surface area is 403 Å². The first kappa shape index (κ1) is 55.3. The van der Waals surface area contributed by atoms with E-state index in [0.29, 0.717) is 23.1 Å². The van der Waals surface area contributed by atoms with E-state index in [2.05, 4.69) is 31.6 Å². The van der Waals surface area contributed by atoms with Gasteiger partial charge in [-0.15, -0.1) is 0 Å². The van der Waals surface area contributed by atoms with Crippen molar-refractivity contribution in [1.82, 2.24) is 36.9 Å². The van der Waals surface area contributed by atoms with Gasteiger partial charge in [0.15, 0.2) is 0 Å². The molecule has 1 heterocycles. The summed E-state index contributed by atoms with van der Waals surface area (Å²) in [5, 5.41) is 35.1. The van der Waals surface area contributed by atoms with E-state index in [4.69, 9.17) is 0 Å². The molecule has 378 valence electrons. The van der Waals surface area contributed by atoms with E-state index < -0.39 is 114 Å². The van der Waals surface area contributed by atoms with Gasteiger partial charge in [-0.1, -0.05) is 133 Å². The Kier molecular flexibility index (Phi) is 20.1. The van der Waals surface area contributed by atoms with E-state index in [-0.39, 0.29) is 25.2 Å². The minimum atomic E-state index is -5.41. The molecule has 0 unspecified atom stereocenters. The molecule has 0 spiro atoms. The number of halogens is 3. The van der Waals surface area contributed by atoms with Crippen molar-refractivity contribution in [2.45, 2.75) is 122 Å². The van der Waals surface area contributed by atoms with Gasteiger partial charge in [-0.25, -0.2) is 4.79 Å². The van der Waals surface area contributed by atoms with Crippen molar-refractivity contribution in [2.24, 2.45) is 17.8 Å². The molecule has 70 heavy (non-hydrogen) atoms. The second kappa shape index (κ2) is 25.4. The van der Waals surface area contributed by atoms with Crippen LogP contribution in [0.1, 0.15) is 89.8 Å². The third-order valence-electron chi connectivity index (χ3n) is 12.1. The largest absolute Gasteiger partial charge is 0.481 e. The molecule has 17 nitrogen and oxygen atoms in total. The molecular formula is C50H62F3N7O10. The molecule has 0 fully saturated rings. The summed E-state index contributed by atoms with van der Waals surface area (Å²) in [5.41, 5.74) is 2.09. The highest BCUT2D eigenvalue weighted by Crippen LogP contribution is 2.30. The van der Waals surface area contributed by atoms with Gasteiger partial charge in [0, 0.05) is 29.4 Å². The Morgan fingerprint density at radius 3 is 1.53 bits per heavy atom. The summed E-state index contributed by atoms with van der Waals surface area (Å²) in [5.74, 6) is -13.2. The zero-order valence-electron chi connectivity index (χ0n) is 39.8. The number of carboxylic acid groups (broad SMARTS) is 2. The fourth-order valence-electron chi connectivity index (χ4n) is 7.92. The summed E-state index contributed by atoms with van der Waals surface area (Å²) in [7, 11) is 0. The third kappa shape index (κ3) is 15.4. The number of rotatable bonds is 25. The van der Waals surface area contributed by atoms with Crippen LogP contribution in [0.5, 0.6) is 0 Å². The number of hydrogen-bond acceptors (Lipinski definition) is 8. The third-order valence-corrected chi connectivity index (χ3v) is 12.1. The van der Waals surface area contributed by atoms with Crippen LogP contribution in [0.4, 0.5) is 13.2 Å². The van der Waals surface area contributed by atoms with Crippen LogP contribution in [-0.4, -0.2) is 105 Å². The molecule has 6 amide bonds. The summed E-state index contributed by atoms with van der Waals surface area (Å²) in [6.45, 7) is 10.1. The fourth-order valence-corrected chi connectivity index (χ4v) is 7.92. The minimum absolute atomic E-state index is 0.0900. The van der Waals surface area contributed by atoms with E-state index in [1.807, 2.05) is 12.1 Å². The number of para-hydroxylation sites is 1. The smallest absolute Gasteiger partial charge is 0.471 e. The molecule has 0 radical (unpaired) electrons. The van der Waals surface area contributed by atoms with Crippen LogP contribution in [-0.2, 0) is 44.8 Å². The summed E-state index contributed by atoms with van der Waals surface area (Å²) < 4.78 is 41.4. The van der Waals surface area contributed by atoms with Crippen molar-refractivity contribution in [2.75, 3.05) is 0 Å². The number of aromatic nitrogens is 1. The molecule has 4 rings (SSSR count). The van der Waals surface area contributed by atoms with Crippen molar-refractivity contribution >= 4 is 58.3 Å². The Hall–Kier alpha value is -7.25. The zero-order valence-corrected chi connectivity index (χ0v) is 39.8. The van der Waals surface area contributed by atoms with Gasteiger partial charge in [0.25, 0.3) is 0 Å². The number of amides is 6. The average molecular weight is 978 g/mol. The number of aliphatic carboxylic acids is 2. The van der Waals surface area contributed by atoms with E-state index in [0.717, 1.165) is 10.9 Å². The number of aromatic amines is 1. The number of benzene rings is 3. The summed E-state index contributed by atoms with van der Waals surface area (Å²) >= 11 is 0. The molecule has 0 aliphatic heterocycles. The standard InChI is InChI=1S/C50H62F3N7O10/c1-7-28(5)40(45(65)57-37(48(68)69)24-32-26-54-34-22-16-15-21-33(32)34)59-46(66)41(29(6)8-2)58-44(64)36(25-38(61)62)55-43(63)35(23-27(3)4)56-47(67)42(60-49(70)50(51,52)53)39(30-17-11-9-12-18-30)31-19-13-10-14-20-31/h9-22,26-29,35-37,39-42,54H,7-8,23-25H2,1-6H3,(H,55,63)(H,56,67)(H,57,65)(H,58,64)(H,59,66)(H,60,70)(H,61,62)(H,68,69)/t28-,29-,35-,36-,37-,40-,41-,42-/m0/s1. The molecule has 1 aromatic heterocycles. The quantitative estimate of drug-likeness (QED) is 0.0442. The van der Waals surface area contributed by atoms with Crippen molar-refractivity contribution in [3.05, 3.63) is 108 Å². The maximum atomic E-state index is 14.3. The van der Waals surface area contributed by atoms with Crippen LogP contribution in [0.15, 0.2) is 91.1 Å². The van der Waals surface area contributed by atoms with Crippen LogP contribution >= 0.6 is 0 Å². The average Bonchev–Trinajstić information content (AvgIpc) is 3.73. The van der Waals surface area contributed by atoms with Crippen LogP contribution in [0.25, 0.3) is 10.9 Å². The van der Waals surface area contributed by atoms with Gasteiger partial charge in [-0.05, 0) is 46.9 Å². The van der Waals surface area contributed by atoms with E-state index in [9.17, 15) is 61.7 Å². The Bertz CT molecular complexity index is 2410. The Balaban J connectivity index is 1.59. The number of alkyl halides is 3. The van der Waals surface area contributed by atoms with Gasteiger partial charge in [0.1, 0.15) is 36.3 Å². The monoisotopic (exact) mass is 977 g/mol. The SMILES string of the molecule is CC[C@H](C)[C@H](NC(=O)[C@H](CC(=O)O)NC(=O)[C@H](CC(C)C)NC(=O)[C@@H](NC(=O)C(F)(F)F)C(c1ccccc1)c1ccccc1)C(=O)N[C@H](C(=O)N[C@@H](Cc1c[nH]c2ccccc12)C(=O)O)[C@@H](C)CC. The molecule has 4 aromatic rings. The van der Waals surface area contributed by atoms with Crippen LogP contribution in [0.2, 0.25) is 0 Å². The van der Waals surface area contributed by atoms with Crippen LogP contribution < -0.4 is 31.9 Å².